The summed E-state index contributed by atoms with van der Waals surface area (Å²) in [6.07, 6.45) is 5.88. The molecule has 1 aromatic rings. The number of hydrogen-bond donors (Lipinski definition) is 1. The minimum absolute atomic E-state index is 0.714. The van der Waals surface area contributed by atoms with Crippen LogP contribution in [0.15, 0.2) is 24.3 Å². The molecule has 1 N–H and O–H groups in total. The summed E-state index contributed by atoms with van der Waals surface area (Å²) in [7, 11) is 2.03. The molecule has 0 spiro atoms. The number of nitrogens with one attached hydrogen (secondary N) is 1. The third kappa shape index (κ3) is 6.35. The minimum atomic E-state index is 0.714. The van der Waals surface area contributed by atoms with E-state index in [0.717, 1.165) is 18.0 Å². The molecule has 1 rings (SSSR count). The zero-order valence-corrected chi connectivity index (χ0v) is 12.3. The molecule has 1 aromatic carbocycles. The number of halogens is 1. The van der Waals surface area contributed by atoms with Crippen molar-refractivity contribution in [1.29, 1.82) is 0 Å². The summed E-state index contributed by atoms with van der Waals surface area (Å²) < 4.78 is 0. The van der Waals surface area contributed by atoms with Crippen molar-refractivity contribution in [2.45, 2.75) is 19.3 Å². The maximum atomic E-state index is 6.01. The maximum Gasteiger partial charge on any atom is 0.0408 e. The standard InChI is InChI=1S/C14H22ClNS/c1-16-11-13(6-4-8-17-2)9-12-5-3-7-14(15)10-12/h3,5,7,10,13,16H,4,6,8-9,11H2,1-2H3. The number of benzene rings is 1. The summed E-state index contributed by atoms with van der Waals surface area (Å²) in [5.41, 5.74) is 1.35. The molecule has 0 amide bonds. The Balaban J connectivity index is 2.47. The summed E-state index contributed by atoms with van der Waals surface area (Å²) in [4.78, 5) is 0. The maximum absolute atomic E-state index is 6.01. The first-order chi connectivity index (χ1) is 8.26. The van der Waals surface area contributed by atoms with Crippen LogP contribution in [0.4, 0.5) is 0 Å². The van der Waals surface area contributed by atoms with Gasteiger partial charge in [0.15, 0.2) is 0 Å². The number of rotatable bonds is 8. The molecule has 1 nitrogen and oxygen atoms in total. The summed E-state index contributed by atoms with van der Waals surface area (Å²) in [5, 5.41) is 4.13. The van der Waals surface area contributed by atoms with Crippen LogP contribution in [0.3, 0.4) is 0 Å². The first-order valence-corrected chi connectivity index (χ1v) is 7.91. The Morgan fingerprint density at radius 3 is 2.88 bits per heavy atom. The van der Waals surface area contributed by atoms with E-state index in [2.05, 4.69) is 23.7 Å². The van der Waals surface area contributed by atoms with Gasteiger partial charge in [0.2, 0.25) is 0 Å². The van der Waals surface area contributed by atoms with Crippen LogP contribution in [0.2, 0.25) is 5.02 Å². The number of hydrogen-bond acceptors (Lipinski definition) is 2. The first kappa shape index (κ1) is 14.9. The van der Waals surface area contributed by atoms with E-state index >= 15 is 0 Å². The van der Waals surface area contributed by atoms with Gasteiger partial charge in [-0.05, 0) is 68.5 Å². The molecule has 1 unspecified atom stereocenters. The quantitative estimate of drug-likeness (QED) is 0.721. The predicted octanol–water partition coefficient (Wildman–Crippen LogP) is 3.86. The van der Waals surface area contributed by atoms with Gasteiger partial charge in [0, 0.05) is 5.02 Å². The normalized spacial score (nSPS) is 12.6. The molecule has 0 aromatic heterocycles. The highest BCUT2D eigenvalue weighted by Crippen LogP contribution is 2.18. The molecule has 0 saturated carbocycles. The van der Waals surface area contributed by atoms with Gasteiger partial charge in [-0.25, -0.2) is 0 Å². The van der Waals surface area contributed by atoms with Crippen molar-refractivity contribution in [1.82, 2.24) is 5.32 Å². The highest BCUT2D eigenvalue weighted by molar-refractivity contribution is 7.98. The van der Waals surface area contributed by atoms with Crippen LogP contribution in [0.1, 0.15) is 18.4 Å². The van der Waals surface area contributed by atoms with E-state index in [0.29, 0.717) is 5.92 Å². The molecule has 0 fully saturated rings. The lowest BCUT2D eigenvalue weighted by atomic mass is 9.95. The minimum Gasteiger partial charge on any atom is -0.319 e. The molecule has 0 radical (unpaired) electrons. The van der Waals surface area contributed by atoms with Crippen LogP contribution in [-0.4, -0.2) is 25.6 Å². The zero-order chi connectivity index (χ0) is 12.5. The van der Waals surface area contributed by atoms with Crippen LogP contribution < -0.4 is 5.32 Å². The van der Waals surface area contributed by atoms with Gasteiger partial charge < -0.3 is 5.32 Å². The molecular formula is C14H22ClNS. The molecule has 3 heteroatoms. The molecule has 0 bridgehead atoms. The van der Waals surface area contributed by atoms with Gasteiger partial charge in [-0.1, -0.05) is 23.7 Å². The van der Waals surface area contributed by atoms with E-state index in [1.165, 1.54) is 24.2 Å². The largest absolute Gasteiger partial charge is 0.319 e. The topological polar surface area (TPSA) is 12.0 Å². The molecule has 1 atom stereocenters. The fraction of sp³-hybridized carbons (Fsp3) is 0.571. The molecule has 96 valence electrons. The number of thioether (sulfide) groups is 1. The van der Waals surface area contributed by atoms with Gasteiger partial charge in [-0.3, -0.25) is 0 Å². The van der Waals surface area contributed by atoms with Crippen molar-refractivity contribution in [3.8, 4) is 0 Å². The second-order valence-electron chi connectivity index (χ2n) is 4.39. The Morgan fingerprint density at radius 2 is 2.24 bits per heavy atom. The first-order valence-electron chi connectivity index (χ1n) is 6.14. The van der Waals surface area contributed by atoms with Crippen molar-refractivity contribution in [2.75, 3.05) is 25.6 Å². The average Bonchev–Trinajstić information content (AvgIpc) is 2.29. The van der Waals surface area contributed by atoms with E-state index in [-0.39, 0.29) is 0 Å². The molecule has 0 heterocycles. The SMILES string of the molecule is CNCC(CCCSC)Cc1cccc(Cl)c1. The summed E-state index contributed by atoms with van der Waals surface area (Å²) in [6, 6.07) is 8.23. The monoisotopic (exact) mass is 271 g/mol. The second kappa shape index (κ2) is 8.84. The van der Waals surface area contributed by atoms with Crippen LogP contribution in [-0.2, 0) is 6.42 Å². The average molecular weight is 272 g/mol. The van der Waals surface area contributed by atoms with E-state index < -0.39 is 0 Å². The summed E-state index contributed by atoms with van der Waals surface area (Å²) in [6.45, 7) is 1.08. The van der Waals surface area contributed by atoms with Gasteiger partial charge in [-0.2, -0.15) is 11.8 Å². The van der Waals surface area contributed by atoms with E-state index in [4.69, 9.17) is 11.6 Å². The highest BCUT2D eigenvalue weighted by Gasteiger charge is 2.08. The molecule has 0 aliphatic carbocycles. The van der Waals surface area contributed by atoms with Crippen LogP contribution >= 0.6 is 23.4 Å². The van der Waals surface area contributed by atoms with Gasteiger partial charge in [-0.15, -0.1) is 0 Å². The molecule has 0 saturated heterocycles. The van der Waals surface area contributed by atoms with Gasteiger partial charge in [0.1, 0.15) is 0 Å². The molecule has 0 aliphatic rings. The third-order valence-electron chi connectivity index (χ3n) is 2.87. The van der Waals surface area contributed by atoms with Gasteiger partial charge >= 0.3 is 0 Å². The fourth-order valence-corrected chi connectivity index (χ4v) is 2.75. The van der Waals surface area contributed by atoms with Gasteiger partial charge in [0.25, 0.3) is 0 Å². The lowest BCUT2D eigenvalue weighted by Gasteiger charge is -2.16. The highest BCUT2D eigenvalue weighted by atomic mass is 35.5. The van der Waals surface area contributed by atoms with E-state index in [1.807, 2.05) is 30.9 Å². The van der Waals surface area contributed by atoms with Crippen LogP contribution in [0.5, 0.6) is 0 Å². The smallest absolute Gasteiger partial charge is 0.0408 e. The van der Waals surface area contributed by atoms with E-state index in [9.17, 15) is 0 Å². The Kier molecular flexibility index (Phi) is 7.74. The third-order valence-corrected chi connectivity index (χ3v) is 3.80. The van der Waals surface area contributed by atoms with Crippen molar-refractivity contribution in [3.05, 3.63) is 34.9 Å². The van der Waals surface area contributed by atoms with Crippen molar-refractivity contribution < 1.29 is 0 Å². The van der Waals surface area contributed by atoms with Crippen LogP contribution in [0, 0.1) is 5.92 Å². The van der Waals surface area contributed by atoms with Gasteiger partial charge in [0.05, 0.1) is 0 Å². The van der Waals surface area contributed by atoms with Crippen LogP contribution in [0.25, 0.3) is 0 Å². The Morgan fingerprint density at radius 1 is 1.41 bits per heavy atom. The van der Waals surface area contributed by atoms with E-state index in [1.54, 1.807) is 0 Å². The zero-order valence-electron chi connectivity index (χ0n) is 10.7. The lowest BCUT2D eigenvalue weighted by molar-refractivity contribution is 0.457. The lowest BCUT2D eigenvalue weighted by Crippen LogP contribution is -2.21. The van der Waals surface area contributed by atoms with Crippen molar-refractivity contribution >= 4 is 23.4 Å². The fourth-order valence-electron chi connectivity index (χ4n) is 2.08. The molecule has 0 aliphatic heterocycles. The summed E-state index contributed by atoms with van der Waals surface area (Å²) in [5.74, 6) is 1.97. The summed E-state index contributed by atoms with van der Waals surface area (Å²) >= 11 is 7.94. The van der Waals surface area contributed by atoms with Crippen molar-refractivity contribution in [2.24, 2.45) is 5.92 Å². The Hall–Kier alpha value is -0.180. The van der Waals surface area contributed by atoms with Crippen molar-refractivity contribution in [3.63, 3.8) is 0 Å². The Bertz CT molecular complexity index is 317. The second-order valence-corrected chi connectivity index (χ2v) is 5.81. The molecular weight excluding hydrogens is 250 g/mol. The predicted molar refractivity (Wildman–Crippen MR) is 80.2 cm³/mol. The molecule has 17 heavy (non-hydrogen) atoms. The Labute approximate surface area is 114 Å².